The van der Waals surface area contributed by atoms with E-state index in [-0.39, 0.29) is 11.3 Å². The minimum Gasteiger partial charge on any atom is -0.507 e. The van der Waals surface area contributed by atoms with E-state index in [1.165, 1.54) is 12.1 Å². The molecule has 0 atom stereocenters. The number of ether oxygens (including phenoxy) is 1. The number of benzene rings is 2. The summed E-state index contributed by atoms with van der Waals surface area (Å²) in [6, 6.07) is 12.6. The summed E-state index contributed by atoms with van der Waals surface area (Å²) in [5.41, 5.74) is 1.06. The topological polar surface area (TPSA) is 92.7 Å². The maximum atomic E-state index is 11.8. The van der Waals surface area contributed by atoms with Gasteiger partial charge in [0.05, 0.1) is 0 Å². The lowest BCUT2D eigenvalue weighted by Gasteiger charge is -2.07. The summed E-state index contributed by atoms with van der Waals surface area (Å²) in [5.74, 6) is -2.40. The van der Waals surface area contributed by atoms with Gasteiger partial charge in [-0.3, -0.25) is 14.9 Å². The highest BCUT2D eigenvalue weighted by molar-refractivity contribution is 6.05. The second-order valence-corrected chi connectivity index (χ2v) is 4.84. The number of esters is 1. The molecule has 0 aliphatic carbocycles. The lowest BCUT2D eigenvalue weighted by molar-refractivity contribution is -0.123. The maximum absolute atomic E-state index is 11.8. The smallest absolute Gasteiger partial charge is 0.342 e. The molecule has 6 heteroatoms. The van der Waals surface area contributed by atoms with Crippen LogP contribution in [0, 0.1) is 6.92 Å². The standard InChI is InChI=1S/C17H15NO5/c1-11-7-8-13(14(19)9-11)17(22)23-10-15(20)18-16(21)12-5-3-2-4-6-12/h2-9,19H,10H2,1H3,(H,18,20,21). The Labute approximate surface area is 132 Å². The number of phenolic OH excluding ortho intramolecular Hbond substituents is 1. The summed E-state index contributed by atoms with van der Waals surface area (Å²) >= 11 is 0. The third kappa shape index (κ3) is 4.41. The van der Waals surface area contributed by atoms with E-state index in [1.54, 1.807) is 43.3 Å². The highest BCUT2D eigenvalue weighted by Crippen LogP contribution is 2.19. The van der Waals surface area contributed by atoms with Gasteiger partial charge in [0.25, 0.3) is 11.8 Å². The van der Waals surface area contributed by atoms with Gasteiger partial charge in [-0.1, -0.05) is 24.3 Å². The highest BCUT2D eigenvalue weighted by atomic mass is 16.5. The van der Waals surface area contributed by atoms with Crippen LogP contribution in [0.15, 0.2) is 48.5 Å². The number of nitrogens with one attached hydrogen (secondary N) is 1. The maximum Gasteiger partial charge on any atom is 0.342 e. The molecule has 0 bridgehead atoms. The minimum absolute atomic E-state index is 0.0437. The Kier molecular flexibility index (Phi) is 5.09. The number of aryl methyl sites for hydroxylation is 1. The number of rotatable bonds is 4. The molecular formula is C17H15NO5. The fourth-order valence-corrected chi connectivity index (χ4v) is 1.85. The molecule has 0 unspecified atom stereocenters. The van der Waals surface area contributed by atoms with Gasteiger partial charge in [0.1, 0.15) is 11.3 Å². The van der Waals surface area contributed by atoms with Crippen molar-refractivity contribution in [1.82, 2.24) is 5.32 Å². The molecule has 2 rings (SSSR count). The zero-order chi connectivity index (χ0) is 16.8. The Morgan fingerprint density at radius 2 is 1.78 bits per heavy atom. The summed E-state index contributed by atoms with van der Waals surface area (Å²) < 4.78 is 4.78. The molecule has 0 aliphatic heterocycles. The van der Waals surface area contributed by atoms with E-state index in [4.69, 9.17) is 4.74 Å². The molecule has 2 N–H and O–H groups in total. The van der Waals surface area contributed by atoms with E-state index in [0.717, 1.165) is 5.56 Å². The first-order valence-electron chi connectivity index (χ1n) is 6.83. The number of hydrogen-bond acceptors (Lipinski definition) is 5. The van der Waals surface area contributed by atoms with Crippen LogP contribution in [0.3, 0.4) is 0 Å². The molecule has 0 aromatic heterocycles. The van der Waals surface area contributed by atoms with Crippen LogP contribution in [0.25, 0.3) is 0 Å². The number of phenols is 1. The van der Waals surface area contributed by atoms with Crippen molar-refractivity contribution in [2.45, 2.75) is 6.92 Å². The van der Waals surface area contributed by atoms with Gasteiger partial charge in [0, 0.05) is 5.56 Å². The molecular weight excluding hydrogens is 298 g/mol. The first-order chi connectivity index (χ1) is 11.0. The Balaban J connectivity index is 1.89. The van der Waals surface area contributed by atoms with Crippen molar-refractivity contribution in [2.75, 3.05) is 6.61 Å². The molecule has 0 saturated carbocycles. The van der Waals surface area contributed by atoms with Crippen LogP contribution in [-0.4, -0.2) is 29.5 Å². The second-order valence-electron chi connectivity index (χ2n) is 4.84. The van der Waals surface area contributed by atoms with Crippen molar-refractivity contribution in [3.63, 3.8) is 0 Å². The number of imide groups is 1. The molecule has 23 heavy (non-hydrogen) atoms. The molecule has 0 spiro atoms. The molecule has 0 radical (unpaired) electrons. The predicted molar refractivity (Wildman–Crippen MR) is 82.0 cm³/mol. The van der Waals surface area contributed by atoms with Crippen LogP contribution in [0.1, 0.15) is 26.3 Å². The monoisotopic (exact) mass is 313 g/mol. The summed E-state index contributed by atoms with van der Waals surface area (Å²) in [4.78, 5) is 35.2. The van der Waals surface area contributed by atoms with Crippen molar-refractivity contribution >= 4 is 17.8 Å². The summed E-state index contributed by atoms with van der Waals surface area (Å²) in [7, 11) is 0. The lowest BCUT2D eigenvalue weighted by Crippen LogP contribution is -2.34. The Morgan fingerprint density at radius 3 is 2.43 bits per heavy atom. The van der Waals surface area contributed by atoms with Gasteiger partial charge < -0.3 is 9.84 Å². The SMILES string of the molecule is Cc1ccc(C(=O)OCC(=O)NC(=O)c2ccccc2)c(O)c1. The largest absolute Gasteiger partial charge is 0.507 e. The zero-order valence-electron chi connectivity index (χ0n) is 12.4. The normalized spacial score (nSPS) is 9.96. The van der Waals surface area contributed by atoms with Crippen LogP contribution >= 0.6 is 0 Å². The Hall–Kier alpha value is -3.15. The number of carbonyl (C=O) groups excluding carboxylic acids is 3. The van der Waals surface area contributed by atoms with Crippen molar-refractivity contribution in [3.05, 3.63) is 65.2 Å². The molecule has 118 valence electrons. The van der Waals surface area contributed by atoms with Crippen molar-refractivity contribution < 1.29 is 24.2 Å². The van der Waals surface area contributed by atoms with Crippen LogP contribution in [0.2, 0.25) is 0 Å². The van der Waals surface area contributed by atoms with Crippen molar-refractivity contribution in [1.29, 1.82) is 0 Å². The van der Waals surface area contributed by atoms with E-state index in [0.29, 0.717) is 5.56 Å². The molecule has 2 amide bonds. The summed E-state index contributed by atoms with van der Waals surface area (Å²) in [6.45, 7) is 1.14. The second kappa shape index (κ2) is 7.22. The number of amides is 2. The molecule has 0 heterocycles. The molecule has 0 fully saturated rings. The summed E-state index contributed by atoms with van der Waals surface area (Å²) in [6.07, 6.45) is 0. The zero-order valence-corrected chi connectivity index (χ0v) is 12.4. The molecule has 6 nitrogen and oxygen atoms in total. The Morgan fingerprint density at radius 1 is 1.09 bits per heavy atom. The lowest BCUT2D eigenvalue weighted by atomic mass is 10.1. The first-order valence-corrected chi connectivity index (χ1v) is 6.83. The van der Waals surface area contributed by atoms with Crippen LogP contribution in [-0.2, 0) is 9.53 Å². The fraction of sp³-hybridized carbons (Fsp3) is 0.118. The van der Waals surface area contributed by atoms with Gasteiger partial charge in [-0.15, -0.1) is 0 Å². The molecule has 2 aromatic carbocycles. The van der Waals surface area contributed by atoms with Crippen molar-refractivity contribution in [2.24, 2.45) is 0 Å². The third-order valence-corrected chi connectivity index (χ3v) is 3.00. The number of hydrogen-bond donors (Lipinski definition) is 2. The average Bonchev–Trinajstić information content (AvgIpc) is 2.53. The summed E-state index contributed by atoms with van der Waals surface area (Å²) in [5, 5.41) is 11.8. The predicted octanol–water partition coefficient (Wildman–Crippen LogP) is 1.81. The van der Waals surface area contributed by atoms with Gasteiger partial charge in [-0.05, 0) is 36.8 Å². The number of aromatic hydroxyl groups is 1. The minimum atomic E-state index is -0.843. The van der Waals surface area contributed by atoms with E-state index in [2.05, 4.69) is 5.32 Å². The van der Waals surface area contributed by atoms with Crippen LogP contribution < -0.4 is 5.32 Å². The van der Waals surface area contributed by atoms with Gasteiger partial charge in [0.15, 0.2) is 6.61 Å². The van der Waals surface area contributed by atoms with Crippen LogP contribution in [0.5, 0.6) is 5.75 Å². The quantitative estimate of drug-likeness (QED) is 0.840. The van der Waals surface area contributed by atoms with Gasteiger partial charge in [0.2, 0.25) is 0 Å². The van der Waals surface area contributed by atoms with Crippen molar-refractivity contribution in [3.8, 4) is 5.75 Å². The highest BCUT2D eigenvalue weighted by Gasteiger charge is 2.16. The van der Waals surface area contributed by atoms with E-state index in [9.17, 15) is 19.5 Å². The molecule has 2 aromatic rings. The molecule has 0 saturated heterocycles. The third-order valence-electron chi connectivity index (χ3n) is 3.00. The fourth-order valence-electron chi connectivity index (χ4n) is 1.85. The molecule has 0 aliphatic rings. The Bertz CT molecular complexity index is 740. The van der Waals surface area contributed by atoms with Gasteiger partial charge in [-0.2, -0.15) is 0 Å². The average molecular weight is 313 g/mol. The van der Waals surface area contributed by atoms with Crippen LogP contribution in [0.4, 0.5) is 0 Å². The van der Waals surface area contributed by atoms with Gasteiger partial charge >= 0.3 is 5.97 Å². The van der Waals surface area contributed by atoms with E-state index in [1.807, 2.05) is 0 Å². The number of carbonyl (C=O) groups is 3. The van der Waals surface area contributed by atoms with Gasteiger partial charge in [-0.25, -0.2) is 4.79 Å². The van der Waals surface area contributed by atoms with E-state index >= 15 is 0 Å². The van der Waals surface area contributed by atoms with E-state index < -0.39 is 24.4 Å². The first kappa shape index (κ1) is 16.2.